The third-order valence-corrected chi connectivity index (χ3v) is 3.15. The predicted molar refractivity (Wildman–Crippen MR) is 76.1 cm³/mol. The molecule has 0 bridgehead atoms. The van der Waals surface area contributed by atoms with Crippen molar-refractivity contribution in [1.29, 1.82) is 0 Å². The standard InChI is InChI=1S/C14H23N5O/c1-5-6-19-10-15-16-14(19)9-18(4)8-12-7-13(11(2)3)20-17-12/h7,10-11H,5-6,8-9H2,1-4H3. The smallest absolute Gasteiger partial charge is 0.147 e. The Morgan fingerprint density at radius 3 is 2.80 bits per heavy atom. The van der Waals surface area contributed by atoms with Gasteiger partial charge in [0.1, 0.15) is 17.9 Å². The molecule has 2 rings (SSSR count). The molecule has 0 fully saturated rings. The van der Waals surface area contributed by atoms with Gasteiger partial charge in [0.05, 0.1) is 12.2 Å². The van der Waals surface area contributed by atoms with Crippen molar-refractivity contribution in [2.45, 2.75) is 52.7 Å². The Kier molecular flexibility index (Phi) is 4.89. The minimum absolute atomic E-state index is 0.370. The highest BCUT2D eigenvalue weighted by atomic mass is 16.5. The summed E-state index contributed by atoms with van der Waals surface area (Å²) in [7, 11) is 2.05. The van der Waals surface area contributed by atoms with E-state index in [1.165, 1.54) is 0 Å². The molecular formula is C14H23N5O. The van der Waals surface area contributed by atoms with Crippen LogP contribution in [-0.4, -0.2) is 31.9 Å². The number of aromatic nitrogens is 4. The Balaban J connectivity index is 1.94. The highest BCUT2D eigenvalue weighted by Gasteiger charge is 2.12. The van der Waals surface area contributed by atoms with Gasteiger partial charge in [0.2, 0.25) is 0 Å². The van der Waals surface area contributed by atoms with Crippen LogP contribution in [0.2, 0.25) is 0 Å². The summed E-state index contributed by atoms with van der Waals surface area (Å²) < 4.78 is 7.41. The number of nitrogens with zero attached hydrogens (tertiary/aromatic N) is 5. The zero-order chi connectivity index (χ0) is 14.5. The fraction of sp³-hybridized carbons (Fsp3) is 0.643. The molecule has 110 valence electrons. The monoisotopic (exact) mass is 277 g/mol. The maximum Gasteiger partial charge on any atom is 0.147 e. The molecule has 0 radical (unpaired) electrons. The topological polar surface area (TPSA) is 60.0 Å². The lowest BCUT2D eigenvalue weighted by Gasteiger charge is -2.14. The molecule has 20 heavy (non-hydrogen) atoms. The van der Waals surface area contributed by atoms with E-state index in [2.05, 4.69) is 52.6 Å². The highest BCUT2D eigenvalue weighted by Crippen LogP contribution is 2.16. The summed E-state index contributed by atoms with van der Waals surface area (Å²) >= 11 is 0. The van der Waals surface area contributed by atoms with Crippen molar-refractivity contribution in [3.05, 3.63) is 29.7 Å². The summed E-state index contributed by atoms with van der Waals surface area (Å²) in [6, 6.07) is 2.03. The van der Waals surface area contributed by atoms with Crippen molar-refractivity contribution in [2.24, 2.45) is 0 Å². The van der Waals surface area contributed by atoms with E-state index in [4.69, 9.17) is 4.52 Å². The van der Waals surface area contributed by atoms with Gasteiger partial charge < -0.3 is 9.09 Å². The van der Waals surface area contributed by atoms with E-state index < -0.39 is 0 Å². The normalized spacial score (nSPS) is 11.7. The van der Waals surface area contributed by atoms with Gasteiger partial charge in [0, 0.05) is 25.1 Å². The third-order valence-electron chi connectivity index (χ3n) is 3.15. The summed E-state index contributed by atoms with van der Waals surface area (Å²) in [4.78, 5) is 2.16. The first-order chi connectivity index (χ1) is 9.60. The maximum atomic E-state index is 5.31. The molecule has 0 N–H and O–H groups in total. The molecule has 2 heterocycles. The molecule has 0 aromatic carbocycles. The number of rotatable bonds is 7. The SMILES string of the molecule is CCCn1cnnc1CN(C)Cc1cc(C(C)C)on1. The molecule has 0 aliphatic carbocycles. The fourth-order valence-electron chi connectivity index (χ4n) is 2.08. The second-order valence-electron chi connectivity index (χ2n) is 5.49. The zero-order valence-corrected chi connectivity index (χ0v) is 12.7. The largest absolute Gasteiger partial charge is 0.361 e. The van der Waals surface area contributed by atoms with Crippen LogP contribution in [0.25, 0.3) is 0 Å². The Labute approximate surface area is 119 Å². The van der Waals surface area contributed by atoms with E-state index in [1.807, 2.05) is 6.07 Å². The van der Waals surface area contributed by atoms with E-state index in [0.29, 0.717) is 5.92 Å². The number of hydrogen-bond donors (Lipinski definition) is 0. The van der Waals surface area contributed by atoms with Crippen molar-refractivity contribution in [1.82, 2.24) is 24.8 Å². The second kappa shape index (κ2) is 6.65. The minimum atomic E-state index is 0.370. The first-order valence-corrected chi connectivity index (χ1v) is 7.10. The molecule has 6 heteroatoms. The van der Waals surface area contributed by atoms with Gasteiger partial charge in [-0.1, -0.05) is 25.9 Å². The first-order valence-electron chi connectivity index (χ1n) is 7.10. The van der Waals surface area contributed by atoms with E-state index in [9.17, 15) is 0 Å². The lowest BCUT2D eigenvalue weighted by molar-refractivity contribution is 0.288. The van der Waals surface area contributed by atoms with Crippen LogP contribution in [0.4, 0.5) is 0 Å². The van der Waals surface area contributed by atoms with Crippen LogP contribution in [0.5, 0.6) is 0 Å². The summed E-state index contributed by atoms with van der Waals surface area (Å²) in [5.41, 5.74) is 0.956. The molecule has 0 amide bonds. The lowest BCUT2D eigenvalue weighted by atomic mass is 10.1. The van der Waals surface area contributed by atoms with Crippen LogP contribution in [0.15, 0.2) is 16.9 Å². The van der Waals surface area contributed by atoms with Crippen molar-refractivity contribution >= 4 is 0 Å². The molecule has 0 unspecified atom stereocenters. The van der Waals surface area contributed by atoms with E-state index in [0.717, 1.165) is 43.3 Å². The van der Waals surface area contributed by atoms with Gasteiger partial charge >= 0.3 is 0 Å². The second-order valence-corrected chi connectivity index (χ2v) is 5.49. The van der Waals surface area contributed by atoms with E-state index in [-0.39, 0.29) is 0 Å². The van der Waals surface area contributed by atoms with Crippen LogP contribution >= 0.6 is 0 Å². The molecule has 0 aliphatic rings. The Morgan fingerprint density at radius 2 is 2.15 bits per heavy atom. The summed E-state index contributed by atoms with van der Waals surface area (Å²) in [6.45, 7) is 8.80. The summed E-state index contributed by atoms with van der Waals surface area (Å²) in [5, 5.41) is 12.3. The van der Waals surface area contributed by atoms with Crippen molar-refractivity contribution in [2.75, 3.05) is 7.05 Å². The van der Waals surface area contributed by atoms with Gasteiger partial charge in [-0.05, 0) is 13.5 Å². The molecule has 0 spiro atoms. The fourth-order valence-corrected chi connectivity index (χ4v) is 2.08. The van der Waals surface area contributed by atoms with Crippen molar-refractivity contribution < 1.29 is 4.52 Å². The molecule has 6 nitrogen and oxygen atoms in total. The predicted octanol–water partition coefficient (Wildman–Crippen LogP) is 2.43. The van der Waals surface area contributed by atoms with Crippen LogP contribution < -0.4 is 0 Å². The highest BCUT2D eigenvalue weighted by molar-refractivity contribution is 5.08. The third kappa shape index (κ3) is 3.66. The van der Waals surface area contributed by atoms with Crippen LogP contribution in [0.1, 0.15) is 50.4 Å². The van der Waals surface area contributed by atoms with Crippen LogP contribution in [-0.2, 0) is 19.6 Å². The number of hydrogen-bond acceptors (Lipinski definition) is 5. The molecule has 0 aliphatic heterocycles. The van der Waals surface area contributed by atoms with Gasteiger partial charge in [0.25, 0.3) is 0 Å². The van der Waals surface area contributed by atoms with Gasteiger partial charge in [-0.2, -0.15) is 0 Å². The lowest BCUT2D eigenvalue weighted by Crippen LogP contribution is -2.20. The van der Waals surface area contributed by atoms with E-state index in [1.54, 1.807) is 6.33 Å². The zero-order valence-electron chi connectivity index (χ0n) is 12.7. The molecular weight excluding hydrogens is 254 g/mol. The molecule has 2 aromatic heterocycles. The van der Waals surface area contributed by atoms with E-state index >= 15 is 0 Å². The maximum absolute atomic E-state index is 5.31. The van der Waals surface area contributed by atoms with Gasteiger partial charge in [0.15, 0.2) is 0 Å². The minimum Gasteiger partial charge on any atom is -0.361 e. The summed E-state index contributed by atoms with van der Waals surface area (Å²) in [5.74, 6) is 2.29. The van der Waals surface area contributed by atoms with Crippen LogP contribution in [0.3, 0.4) is 0 Å². The van der Waals surface area contributed by atoms with Gasteiger partial charge in [-0.15, -0.1) is 10.2 Å². The first kappa shape index (κ1) is 14.7. The molecule has 0 atom stereocenters. The quantitative estimate of drug-likeness (QED) is 0.778. The molecule has 0 saturated carbocycles. The summed E-state index contributed by atoms with van der Waals surface area (Å²) in [6.07, 6.45) is 2.87. The average Bonchev–Trinajstić information content (AvgIpc) is 3.00. The van der Waals surface area contributed by atoms with Gasteiger partial charge in [-0.3, -0.25) is 4.90 Å². The van der Waals surface area contributed by atoms with Crippen LogP contribution in [0, 0.1) is 0 Å². The Hall–Kier alpha value is -1.69. The Bertz CT molecular complexity index is 531. The molecule has 0 saturated heterocycles. The van der Waals surface area contributed by atoms with Crippen molar-refractivity contribution in [3.63, 3.8) is 0 Å². The average molecular weight is 277 g/mol. The Morgan fingerprint density at radius 1 is 1.35 bits per heavy atom. The molecule has 2 aromatic rings. The number of aryl methyl sites for hydroxylation is 1. The van der Waals surface area contributed by atoms with Crippen molar-refractivity contribution in [3.8, 4) is 0 Å². The van der Waals surface area contributed by atoms with Gasteiger partial charge in [-0.25, -0.2) is 0 Å².